The topological polar surface area (TPSA) is 27.0 Å². The van der Waals surface area contributed by atoms with E-state index in [1.807, 2.05) is 0 Å². The number of rotatable bonds is 3. The Bertz CT molecular complexity index is 269. The smallest absolute Gasteiger partial charge is 0.112 e. The van der Waals surface area contributed by atoms with Crippen LogP contribution in [0.5, 0.6) is 0 Å². The van der Waals surface area contributed by atoms with Crippen LogP contribution in [-0.2, 0) is 0 Å². The Morgan fingerprint density at radius 2 is 1.50 bits per heavy atom. The molecule has 1 rings (SSSR count). The molecule has 0 aromatic carbocycles. The van der Waals surface area contributed by atoms with E-state index in [4.69, 9.17) is 5.26 Å². The number of hydrogen-bond acceptors (Lipinski definition) is 2. The van der Waals surface area contributed by atoms with Crippen LogP contribution in [-0.4, -0.2) is 26.7 Å². The van der Waals surface area contributed by atoms with Gasteiger partial charge in [0.2, 0.25) is 0 Å². The Balaban J connectivity index is 2.85. The molecule has 1 aliphatic rings. The third-order valence-electron chi connectivity index (χ3n) is 3.40. The Labute approximate surface area is 103 Å². The maximum absolute atomic E-state index is 9.03. The van der Waals surface area contributed by atoms with Crippen molar-refractivity contribution in [1.29, 1.82) is 5.26 Å². The fourth-order valence-corrected chi connectivity index (χ4v) is 14.1. The minimum Gasteiger partial charge on any atom is -0.343 e. The molecule has 1 fully saturated rings. The molecule has 0 aromatic heterocycles. The molecule has 2 unspecified atom stereocenters. The lowest BCUT2D eigenvalue weighted by atomic mass is 10.1. The minimum atomic E-state index is -1.24. The average molecular weight is 255 g/mol. The normalized spacial score (nSPS) is 27.1. The zero-order chi connectivity index (χ0) is 12.6. The van der Waals surface area contributed by atoms with E-state index in [1.54, 1.807) is 0 Å². The van der Waals surface area contributed by atoms with Gasteiger partial charge in [-0.25, -0.2) is 0 Å². The van der Waals surface area contributed by atoms with Crippen LogP contribution in [0.2, 0.25) is 39.3 Å². The number of nitrogens with zero attached hydrogens (tertiary/aromatic N) is 2. The highest BCUT2D eigenvalue weighted by Crippen LogP contribution is 2.34. The zero-order valence-corrected chi connectivity index (χ0v) is 13.7. The maximum Gasteiger partial charge on any atom is 0.112 e. The van der Waals surface area contributed by atoms with Crippen molar-refractivity contribution in [2.75, 3.05) is 0 Å². The van der Waals surface area contributed by atoms with Gasteiger partial charge in [-0.15, -0.1) is 0 Å². The second-order valence-electron chi connectivity index (χ2n) is 7.00. The molecule has 2 nitrogen and oxygen atoms in total. The Kier molecular flexibility index (Phi) is 4.04. The van der Waals surface area contributed by atoms with E-state index in [1.165, 1.54) is 6.42 Å². The molecule has 16 heavy (non-hydrogen) atoms. The van der Waals surface area contributed by atoms with Crippen LogP contribution in [0.25, 0.3) is 0 Å². The van der Waals surface area contributed by atoms with Gasteiger partial charge in [-0.3, -0.25) is 0 Å². The molecule has 4 heteroatoms. The van der Waals surface area contributed by atoms with Gasteiger partial charge in [0, 0.05) is 5.92 Å². The van der Waals surface area contributed by atoms with Crippen LogP contribution in [0.1, 0.15) is 19.3 Å². The van der Waals surface area contributed by atoms with E-state index >= 15 is 0 Å². The Hall–Kier alpha value is -0.116. The largest absolute Gasteiger partial charge is 0.343 e. The third kappa shape index (κ3) is 3.19. The molecule has 0 saturated heterocycles. The lowest BCUT2D eigenvalue weighted by molar-refractivity contribution is 0.442. The first kappa shape index (κ1) is 13.9. The standard InChI is InChI=1S/C12H26N2Si2/c1-15(2,3)14(16(4,5)6)12-8-7-11(9-12)10-13/h11-12H,7-9H2,1-6H3. The molecule has 0 N–H and O–H groups in total. The van der Waals surface area contributed by atoms with Gasteiger partial charge in [-0.2, -0.15) is 5.26 Å². The summed E-state index contributed by atoms with van der Waals surface area (Å²) < 4.78 is 2.87. The van der Waals surface area contributed by atoms with Crippen molar-refractivity contribution in [3.8, 4) is 6.07 Å². The molecule has 0 heterocycles. The molecule has 92 valence electrons. The van der Waals surface area contributed by atoms with E-state index in [9.17, 15) is 0 Å². The van der Waals surface area contributed by atoms with E-state index in [0.29, 0.717) is 12.0 Å². The van der Waals surface area contributed by atoms with E-state index in [-0.39, 0.29) is 0 Å². The molecule has 0 aliphatic heterocycles. The van der Waals surface area contributed by atoms with Crippen molar-refractivity contribution >= 4 is 16.5 Å². The summed E-state index contributed by atoms with van der Waals surface area (Å²) in [6, 6.07) is 3.15. The van der Waals surface area contributed by atoms with Gasteiger partial charge in [0.1, 0.15) is 16.5 Å². The van der Waals surface area contributed by atoms with Crippen molar-refractivity contribution in [2.45, 2.75) is 64.6 Å². The molecule has 2 atom stereocenters. The third-order valence-corrected chi connectivity index (χ3v) is 11.0. The summed E-state index contributed by atoms with van der Waals surface area (Å²) in [4.78, 5) is 0. The van der Waals surface area contributed by atoms with Crippen LogP contribution in [0.3, 0.4) is 0 Å². The number of hydrogen-bond donors (Lipinski definition) is 0. The lowest BCUT2D eigenvalue weighted by Gasteiger charge is -2.47. The van der Waals surface area contributed by atoms with Crippen LogP contribution < -0.4 is 0 Å². The summed E-state index contributed by atoms with van der Waals surface area (Å²) in [7, 11) is -2.49. The fourth-order valence-electron chi connectivity index (χ4n) is 3.41. The summed E-state index contributed by atoms with van der Waals surface area (Å²) >= 11 is 0. The Morgan fingerprint density at radius 1 is 1.00 bits per heavy atom. The van der Waals surface area contributed by atoms with Gasteiger partial charge in [-0.1, -0.05) is 39.3 Å². The van der Waals surface area contributed by atoms with Gasteiger partial charge in [0.15, 0.2) is 0 Å². The number of nitriles is 1. The van der Waals surface area contributed by atoms with Crippen molar-refractivity contribution in [3.05, 3.63) is 0 Å². The molecule has 1 aliphatic carbocycles. The highest BCUT2D eigenvalue weighted by Gasteiger charge is 2.41. The predicted octanol–water partition coefficient (Wildman–Crippen LogP) is 3.65. The summed E-state index contributed by atoms with van der Waals surface area (Å²) in [5.41, 5.74) is 0. The van der Waals surface area contributed by atoms with Gasteiger partial charge in [0.05, 0.1) is 6.07 Å². The lowest BCUT2D eigenvalue weighted by Crippen LogP contribution is -2.62. The van der Waals surface area contributed by atoms with E-state index < -0.39 is 16.5 Å². The molecular formula is C12H26N2Si2. The first-order valence-corrected chi connectivity index (χ1v) is 13.2. The fraction of sp³-hybridized carbons (Fsp3) is 0.917. The van der Waals surface area contributed by atoms with Crippen LogP contribution in [0, 0.1) is 17.2 Å². The van der Waals surface area contributed by atoms with Crippen molar-refractivity contribution in [3.63, 3.8) is 0 Å². The molecule has 0 amide bonds. The molecule has 0 aromatic rings. The van der Waals surface area contributed by atoms with E-state index in [0.717, 1.165) is 12.8 Å². The monoisotopic (exact) mass is 254 g/mol. The summed E-state index contributed by atoms with van der Waals surface area (Å²) in [6.07, 6.45) is 3.48. The minimum absolute atomic E-state index is 0.320. The molecular weight excluding hydrogens is 228 g/mol. The van der Waals surface area contributed by atoms with Gasteiger partial charge in [-0.05, 0) is 25.3 Å². The zero-order valence-electron chi connectivity index (χ0n) is 11.7. The van der Waals surface area contributed by atoms with Gasteiger partial charge < -0.3 is 4.23 Å². The molecule has 0 bridgehead atoms. The molecule has 0 radical (unpaired) electrons. The van der Waals surface area contributed by atoms with Gasteiger partial charge in [0.25, 0.3) is 0 Å². The van der Waals surface area contributed by atoms with Crippen molar-refractivity contribution in [1.82, 2.24) is 4.23 Å². The Morgan fingerprint density at radius 3 is 1.81 bits per heavy atom. The van der Waals surface area contributed by atoms with Crippen molar-refractivity contribution < 1.29 is 0 Å². The first-order valence-electron chi connectivity index (χ1n) is 6.35. The predicted molar refractivity (Wildman–Crippen MR) is 75.3 cm³/mol. The molecule has 1 saturated carbocycles. The average Bonchev–Trinajstić information content (AvgIpc) is 2.47. The summed E-state index contributed by atoms with van der Waals surface area (Å²) in [5, 5.41) is 9.03. The highest BCUT2D eigenvalue weighted by molar-refractivity contribution is 6.89. The van der Waals surface area contributed by atoms with Crippen LogP contribution in [0.15, 0.2) is 0 Å². The SMILES string of the molecule is C[Si](C)(C)N(C1CCC(C#N)C1)[Si](C)(C)C. The van der Waals surface area contributed by atoms with Crippen LogP contribution >= 0.6 is 0 Å². The summed E-state index contributed by atoms with van der Waals surface area (Å²) in [5.74, 6) is 0.320. The summed E-state index contributed by atoms with van der Waals surface area (Å²) in [6.45, 7) is 14.7. The van der Waals surface area contributed by atoms with Crippen LogP contribution in [0.4, 0.5) is 0 Å². The second-order valence-corrected chi connectivity index (χ2v) is 17.1. The van der Waals surface area contributed by atoms with Crippen molar-refractivity contribution in [2.24, 2.45) is 5.92 Å². The maximum atomic E-state index is 9.03. The molecule has 0 spiro atoms. The first-order chi connectivity index (χ1) is 7.16. The van der Waals surface area contributed by atoms with E-state index in [2.05, 4.69) is 49.6 Å². The highest BCUT2D eigenvalue weighted by atomic mass is 28.4. The quantitative estimate of drug-likeness (QED) is 0.719. The second kappa shape index (κ2) is 4.63. The van der Waals surface area contributed by atoms with Gasteiger partial charge >= 0.3 is 0 Å².